The van der Waals surface area contributed by atoms with Crippen LogP contribution in [0.15, 0.2) is 36.5 Å². The number of benzene rings is 1. The van der Waals surface area contributed by atoms with Gasteiger partial charge in [-0.15, -0.1) is 5.10 Å². The number of nitrogens with one attached hydrogen (secondary N) is 1. The normalized spacial score (nSPS) is 10.2. The fourth-order valence-corrected chi connectivity index (χ4v) is 2.26. The zero-order valence-electron chi connectivity index (χ0n) is 13.7. The molecule has 2 heterocycles. The number of nitriles is 1. The van der Waals surface area contributed by atoms with Crippen LogP contribution < -0.4 is 5.32 Å². The summed E-state index contributed by atoms with van der Waals surface area (Å²) in [6.45, 7) is 5.64. The van der Waals surface area contributed by atoms with Gasteiger partial charge in [-0.3, -0.25) is 0 Å². The van der Waals surface area contributed by atoms with Gasteiger partial charge in [0.05, 0.1) is 5.69 Å². The molecule has 3 aromatic rings. The number of nitrogens with zero attached hydrogens (tertiary/aromatic N) is 5. The van der Waals surface area contributed by atoms with E-state index >= 15 is 0 Å². The molecule has 0 spiro atoms. The second kappa shape index (κ2) is 6.42. The summed E-state index contributed by atoms with van der Waals surface area (Å²) in [6, 6.07) is 11.7. The first-order valence-electron chi connectivity index (χ1n) is 7.49. The van der Waals surface area contributed by atoms with Crippen molar-refractivity contribution in [2.24, 2.45) is 0 Å². The lowest BCUT2D eigenvalue weighted by Gasteiger charge is -2.10. The summed E-state index contributed by atoms with van der Waals surface area (Å²) in [5, 5.41) is 20.7. The van der Waals surface area contributed by atoms with E-state index in [2.05, 4.69) is 31.6 Å². The molecular formula is C18H16N6. The molecule has 0 aliphatic carbocycles. The van der Waals surface area contributed by atoms with Crippen LogP contribution in [-0.4, -0.2) is 20.2 Å². The zero-order valence-corrected chi connectivity index (χ0v) is 13.7. The van der Waals surface area contributed by atoms with Crippen molar-refractivity contribution < 1.29 is 0 Å². The highest BCUT2D eigenvalue weighted by atomic mass is 15.2. The third-order valence-corrected chi connectivity index (χ3v) is 3.77. The standard InChI is InChI=1S/C18H16N6/c1-11-8-9-20-17(21-11)14-4-6-15(7-5-14)22-18-16(10-19)12(2)13(3)23-24-18/h4-9H,1-3H3,(H,22,24). The van der Waals surface area contributed by atoms with E-state index in [1.54, 1.807) is 6.20 Å². The summed E-state index contributed by atoms with van der Waals surface area (Å²) >= 11 is 0. The van der Waals surface area contributed by atoms with Gasteiger partial charge in [-0.2, -0.15) is 10.4 Å². The maximum absolute atomic E-state index is 9.35. The Bertz CT molecular complexity index is 925. The quantitative estimate of drug-likeness (QED) is 0.796. The van der Waals surface area contributed by atoms with Gasteiger partial charge in [0, 0.05) is 23.1 Å². The molecule has 0 radical (unpaired) electrons. The maximum atomic E-state index is 9.35. The minimum atomic E-state index is 0.458. The van der Waals surface area contributed by atoms with Crippen LogP contribution in [0.2, 0.25) is 0 Å². The predicted octanol–water partition coefficient (Wildman–Crippen LogP) is 3.47. The Labute approximate surface area is 140 Å². The predicted molar refractivity (Wildman–Crippen MR) is 91.7 cm³/mol. The van der Waals surface area contributed by atoms with Crippen molar-refractivity contribution in [2.75, 3.05) is 5.32 Å². The van der Waals surface area contributed by atoms with E-state index in [-0.39, 0.29) is 0 Å². The number of hydrogen-bond donors (Lipinski definition) is 1. The van der Waals surface area contributed by atoms with Gasteiger partial charge in [-0.05, 0) is 56.7 Å². The molecule has 24 heavy (non-hydrogen) atoms. The van der Waals surface area contributed by atoms with E-state index in [1.165, 1.54) is 0 Å². The molecule has 0 saturated carbocycles. The largest absolute Gasteiger partial charge is 0.338 e. The number of aromatic nitrogens is 4. The molecule has 0 unspecified atom stereocenters. The Balaban J connectivity index is 1.88. The molecule has 0 aliphatic heterocycles. The Morgan fingerprint density at radius 1 is 1.00 bits per heavy atom. The summed E-state index contributed by atoms with van der Waals surface area (Å²) in [7, 11) is 0. The highest BCUT2D eigenvalue weighted by Crippen LogP contribution is 2.23. The first-order chi connectivity index (χ1) is 11.6. The topological polar surface area (TPSA) is 87.4 Å². The lowest BCUT2D eigenvalue weighted by molar-refractivity contribution is 0.960. The Hall–Kier alpha value is -3.33. The van der Waals surface area contributed by atoms with E-state index in [1.807, 2.05) is 51.1 Å². The molecule has 0 fully saturated rings. The number of hydrogen-bond acceptors (Lipinski definition) is 6. The third kappa shape index (κ3) is 3.06. The lowest BCUT2D eigenvalue weighted by atomic mass is 10.1. The molecule has 0 saturated heterocycles. The molecular weight excluding hydrogens is 300 g/mol. The second-order valence-corrected chi connectivity index (χ2v) is 5.47. The fourth-order valence-electron chi connectivity index (χ4n) is 2.26. The number of rotatable bonds is 3. The van der Waals surface area contributed by atoms with Gasteiger partial charge in [-0.25, -0.2) is 9.97 Å². The van der Waals surface area contributed by atoms with Gasteiger partial charge < -0.3 is 5.32 Å². The van der Waals surface area contributed by atoms with Crippen molar-refractivity contribution in [1.82, 2.24) is 20.2 Å². The van der Waals surface area contributed by atoms with Crippen molar-refractivity contribution in [1.29, 1.82) is 5.26 Å². The highest BCUT2D eigenvalue weighted by Gasteiger charge is 2.11. The molecule has 0 bridgehead atoms. The van der Waals surface area contributed by atoms with E-state index in [9.17, 15) is 5.26 Å². The Kier molecular flexibility index (Phi) is 4.17. The first-order valence-corrected chi connectivity index (χ1v) is 7.49. The average molecular weight is 316 g/mol. The minimum Gasteiger partial charge on any atom is -0.338 e. The van der Waals surface area contributed by atoms with Crippen molar-refractivity contribution in [3.8, 4) is 17.5 Å². The molecule has 0 aliphatic rings. The van der Waals surface area contributed by atoms with E-state index in [0.29, 0.717) is 17.2 Å². The van der Waals surface area contributed by atoms with Crippen LogP contribution in [-0.2, 0) is 0 Å². The van der Waals surface area contributed by atoms with Gasteiger partial charge >= 0.3 is 0 Å². The Morgan fingerprint density at radius 2 is 1.75 bits per heavy atom. The zero-order chi connectivity index (χ0) is 17.1. The molecule has 0 atom stereocenters. The van der Waals surface area contributed by atoms with E-state index in [0.717, 1.165) is 28.2 Å². The Morgan fingerprint density at radius 3 is 2.42 bits per heavy atom. The van der Waals surface area contributed by atoms with Gasteiger partial charge in [0.1, 0.15) is 11.6 Å². The van der Waals surface area contributed by atoms with Crippen molar-refractivity contribution in [2.45, 2.75) is 20.8 Å². The van der Waals surface area contributed by atoms with Crippen LogP contribution in [0.1, 0.15) is 22.5 Å². The lowest BCUT2D eigenvalue weighted by Crippen LogP contribution is -2.03. The summed E-state index contributed by atoms with van der Waals surface area (Å²) in [4.78, 5) is 8.68. The van der Waals surface area contributed by atoms with Gasteiger partial charge in [0.25, 0.3) is 0 Å². The van der Waals surface area contributed by atoms with Crippen LogP contribution in [0.4, 0.5) is 11.5 Å². The molecule has 6 nitrogen and oxygen atoms in total. The van der Waals surface area contributed by atoms with Crippen molar-refractivity contribution in [3.05, 3.63) is 59.0 Å². The maximum Gasteiger partial charge on any atom is 0.171 e. The molecule has 3 rings (SSSR count). The van der Waals surface area contributed by atoms with E-state index in [4.69, 9.17) is 0 Å². The number of aryl methyl sites for hydroxylation is 2. The third-order valence-electron chi connectivity index (χ3n) is 3.77. The van der Waals surface area contributed by atoms with Gasteiger partial charge in [0.2, 0.25) is 0 Å². The van der Waals surface area contributed by atoms with Crippen LogP contribution in [0, 0.1) is 32.1 Å². The first kappa shape index (κ1) is 15.6. The molecule has 1 N–H and O–H groups in total. The van der Waals surface area contributed by atoms with Crippen LogP contribution in [0.3, 0.4) is 0 Å². The SMILES string of the molecule is Cc1ccnc(-c2ccc(Nc3nnc(C)c(C)c3C#N)cc2)n1. The minimum absolute atomic E-state index is 0.458. The van der Waals surface area contributed by atoms with Crippen LogP contribution in [0.25, 0.3) is 11.4 Å². The fraction of sp³-hybridized carbons (Fsp3) is 0.167. The smallest absolute Gasteiger partial charge is 0.171 e. The molecule has 2 aromatic heterocycles. The van der Waals surface area contributed by atoms with Crippen molar-refractivity contribution >= 4 is 11.5 Å². The second-order valence-electron chi connectivity index (χ2n) is 5.47. The van der Waals surface area contributed by atoms with Gasteiger partial charge in [-0.1, -0.05) is 0 Å². The summed E-state index contributed by atoms with van der Waals surface area (Å²) < 4.78 is 0. The van der Waals surface area contributed by atoms with Crippen molar-refractivity contribution in [3.63, 3.8) is 0 Å². The molecule has 1 aromatic carbocycles. The van der Waals surface area contributed by atoms with E-state index < -0.39 is 0 Å². The van der Waals surface area contributed by atoms with Gasteiger partial charge in [0.15, 0.2) is 11.6 Å². The number of anilines is 2. The summed E-state index contributed by atoms with van der Waals surface area (Å²) in [5.41, 5.74) is 4.76. The average Bonchev–Trinajstić information content (AvgIpc) is 2.59. The summed E-state index contributed by atoms with van der Waals surface area (Å²) in [6.07, 6.45) is 1.74. The summed E-state index contributed by atoms with van der Waals surface area (Å²) in [5.74, 6) is 1.14. The highest BCUT2D eigenvalue weighted by molar-refractivity contribution is 5.67. The molecule has 118 valence electrons. The monoisotopic (exact) mass is 316 g/mol. The van der Waals surface area contributed by atoms with Crippen LogP contribution >= 0.6 is 0 Å². The molecule has 6 heteroatoms. The van der Waals surface area contributed by atoms with Crippen LogP contribution in [0.5, 0.6) is 0 Å². The molecule has 0 amide bonds.